The third-order valence-corrected chi connectivity index (χ3v) is 6.49. The van der Waals surface area contributed by atoms with E-state index in [9.17, 15) is 0 Å². The second kappa shape index (κ2) is 10.5. The number of pyridine rings is 2. The maximum absolute atomic E-state index is 8.16. The van der Waals surface area contributed by atoms with E-state index in [2.05, 4.69) is 34.2 Å². The fourth-order valence-electron chi connectivity index (χ4n) is 3.90. The molecule has 4 aromatic heterocycles. The maximum Gasteiger partial charge on any atom is 0.121 e. The zero-order chi connectivity index (χ0) is 27.1. The fraction of sp³-hybridized carbons (Fsp3) is 0.0323. The molecule has 0 spiro atoms. The number of benzene rings is 3. The standard InChI is InChI=1S/C19H10NOS.C12H10N.Ir/c1-2-8-20-16(6-1)14-5-3-4-13-15-11-18-12(7-9-22-18)10-17(15)21-19(13)14;1-10-7-8-12(13-9-10)11-5-3-2-4-6-11;/h1-4,6-11H;2-5,7-9H,1H3;/q2*-1;/i1D,2D,6D,8D;;. The van der Waals surface area contributed by atoms with Gasteiger partial charge in [0, 0.05) is 42.6 Å². The molecule has 4 heterocycles. The number of thiophene rings is 1. The summed E-state index contributed by atoms with van der Waals surface area (Å²) >= 11 is 1.66. The first-order valence-corrected chi connectivity index (χ1v) is 11.9. The Kier molecular flexibility index (Phi) is 5.73. The van der Waals surface area contributed by atoms with Gasteiger partial charge in [-0.1, -0.05) is 35.2 Å². The second-order valence-corrected chi connectivity index (χ2v) is 8.90. The summed E-state index contributed by atoms with van der Waals surface area (Å²) in [6.45, 7) is 2.03. The monoisotopic (exact) mass is 665 g/mol. The summed E-state index contributed by atoms with van der Waals surface area (Å²) in [6, 6.07) is 27.0. The molecule has 177 valence electrons. The van der Waals surface area contributed by atoms with Gasteiger partial charge in [0.05, 0.1) is 11.1 Å². The minimum atomic E-state index is -0.351. The molecule has 7 rings (SSSR count). The van der Waals surface area contributed by atoms with Crippen LogP contribution in [0.15, 0.2) is 107 Å². The molecule has 3 aromatic carbocycles. The van der Waals surface area contributed by atoms with Crippen LogP contribution in [0.5, 0.6) is 0 Å². The van der Waals surface area contributed by atoms with Crippen molar-refractivity contribution in [2.45, 2.75) is 6.92 Å². The maximum atomic E-state index is 8.16. The predicted molar refractivity (Wildman–Crippen MR) is 144 cm³/mol. The zero-order valence-electron chi connectivity index (χ0n) is 23.0. The smallest absolute Gasteiger partial charge is 0.121 e. The van der Waals surface area contributed by atoms with E-state index >= 15 is 0 Å². The average Bonchev–Trinajstić information content (AvgIpc) is 3.57. The number of aromatic nitrogens is 2. The van der Waals surface area contributed by atoms with Crippen molar-refractivity contribution in [3.63, 3.8) is 0 Å². The summed E-state index contributed by atoms with van der Waals surface area (Å²) in [5.74, 6) is 0. The number of nitrogens with zero attached hydrogens (tertiary/aromatic N) is 2. The second-order valence-electron chi connectivity index (χ2n) is 7.95. The summed E-state index contributed by atoms with van der Waals surface area (Å²) in [7, 11) is 0. The minimum Gasteiger partial charge on any atom is -0.501 e. The van der Waals surface area contributed by atoms with Gasteiger partial charge in [-0.05, 0) is 58.9 Å². The molecule has 0 aliphatic heterocycles. The first kappa shape index (κ1) is 19.5. The molecule has 0 aliphatic rings. The van der Waals surface area contributed by atoms with Gasteiger partial charge in [0.25, 0.3) is 0 Å². The Morgan fingerprint density at radius 2 is 1.86 bits per heavy atom. The van der Waals surface area contributed by atoms with Crippen LogP contribution in [0.1, 0.15) is 11.0 Å². The summed E-state index contributed by atoms with van der Waals surface area (Å²) in [5, 5.41) is 4.98. The third-order valence-electron chi connectivity index (χ3n) is 5.61. The molecule has 0 amide bonds. The van der Waals surface area contributed by atoms with Crippen LogP contribution in [0.25, 0.3) is 54.5 Å². The van der Waals surface area contributed by atoms with Crippen LogP contribution in [0, 0.1) is 19.1 Å². The van der Waals surface area contributed by atoms with Crippen molar-refractivity contribution < 1.29 is 30.0 Å². The first-order valence-electron chi connectivity index (χ1n) is 13.0. The van der Waals surface area contributed by atoms with Crippen molar-refractivity contribution in [2.24, 2.45) is 0 Å². The van der Waals surface area contributed by atoms with Gasteiger partial charge in [0.1, 0.15) is 5.58 Å². The molecule has 0 N–H and O–H groups in total. The molecule has 7 aromatic rings. The molecule has 0 saturated carbocycles. The molecule has 36 heavy (non-hydrogen) atoms. The first-order chi connectivity index (χ1) is 18.9. The van der Waals surface area contributed by atoms with Crippen LogP contribution in [0.3, 0.4) is 0 Å². The van der Waals surface area contributed by atoms with E-state index in [-0.39, 0.29) is 50.1 Å². The topological polar surface area (TPSA) is 38.9 Å². The summed E-state index contributed by atoms with van der Waals surface area (Å²) in [6.07, 6.45) is 1.54. The molecule has 0 unspecified atom stereocenters. The van der Waals surface area contributed by atoms with E-state index in [0.29, 0.717) is 11.1 Å². The fourth-order valence-corrected chi connectivity index (χ4v) is 4.71. The van der Waals surface area contributed by atoms with E-state index < -0.39 is 0 Å². The van der Waals surface area contributed by atoms with E-state index in [1.165, 1.54) is 5.56 Å². The molecule has 1 radical (unpaired) electrons. The quantitative estimate of drug-likeness (QED) is 0.174. The largest absolute Gasteiger partial charge is 0.501 e. The Hall–Kier alpha value is -3.63. The Bertz CT molecular complexity index is 1970. The summed E-state index contributed by atoms with van der Waals surface area (Å²) in [5.41, 5.74) is 5.04. The molecule has 0 aliphatic carbocycles. The molecular formula is C31H20IrN2OS-2. The van der Waals surface area contributed by atoms with Gasteiger partial charge < -0.3 is 14.4 Å². The number of hydrogen-bond acceptors (Lipinski definition) is 4. The number of rotatable bonds is 2. The summed E-state index contributed by atoms with van der Waals surface area (Å²) in [4.78, 5) is 8.37. The van der Waals surface area contributed by atoms with E-state index in [0.717, 1.165) is 37.7 Å². The summed E-state index contributed by atoms with van der Waals surface area (Å²) < 4.78 is 38.7. The SMILES string of the molecule is Cc1ccc(-c2[c-]cccc2)nc1.[2H]c1nc(-c2[c-]ccc3c2oc2cc4ccsc4cc23)c([2H])c([2H])c1[2H].[Ir]. The van der Waals surface area contributed by atoms with Crippen LogP contribution in [0.2, 0.25) is 0 Å². The van der Waals surface area contributed by atoms with Gasteiger partial charge in [-0.3, -0.25) is 0 Å². The Balaban J connectivity index is 0.000000195. The number of hydrogen-bond donors (Lipinski definition) is 0. The molecule has 5 heteroatoms. The molecule has 0 fully saturated rings. The van der Waals surface area contributed by atoms with Gasteiger partial charge in [-0.25, -0.2) is 0 Å². The van der Waals surface area contributed by atoms with Gasteiger partial charge in [0.2, 0.25) is 0 Å². The number of furan rings is 1. The molecule has 3 nitrogen and oxygen atoms in total. The normalized spacial score (nSPS) is 12.2. The van der Waals surface area contributed by atoms with Crippen LogP contribution in [0.4, 0.5) is 0 Å². The van der Waals surface area contributed by atoms with Crippen molar-refractivity contribution in [1.29, 1.82) is 0 Å². The van der Waals surface area contributed by atoms with Gasteiger partial charge in [0.15, 0.2) is 0 Å². The van der Waals surface area contributed by atoms with Crippen molar-refractivity contribution in [2.75, 3.05) is 0 Å². The molecule has 0 saturated heterocycles. The van der Waals surface area contributed by atoms with Crippen LogP contribution in [-0.2, 0) is 20.1 Å². The molecule has 0 atom stereocenters. The van der Waals surface area contributed by atoms with E-state index in [1.807, 2.05) is 67.0 Å². The van der Waals surface area contributed by atoms with Gasteiger partial charge in [-0.15, -0.1) is 65.4 Å². The zero-order valence-corrected chi connectivity index (χ0v) is 22.3. The Morgan fingerprint density at radius 3 is 2.69 bits per heavy atom. The van der Waals surface area contributed by atoms with E-state index in [1.54, 1.807) is 17.4 Å². The third kappa shape index (κ3) is 4.74. The van der Waals surface area contributed by atoms with Crippen molar-refractivity contribution in [3.05, 3.63) is 120 Å². The number of fused-ring (bicyclic) bond motifs is 4. The molecule has 0 bridgehead atoms. The van der Waals surface area contributed by atoms with Crippen molar-refractivity contribution in [1.82, 2.24) is 9.97 Å². The van der Waals surface area contributed by atoms with E-state index in [4.69, 9.17) is 9.90 Å². The number of aryl methyl sites for hydroxylation is 1. The van der Waals surface area contributed by atoms with Crippen LogP contribution < -0.4 is 0 Å². The average molecular weight is 665 g/mol. The van der Waals surface area contributed by atoms with Gasteiger partial charge >= 0.3 is 0 Å². The van der Waals surface area contributed by atoms with Crippen molar-refractivity contribution in [3.8, 4) is 22.5 Å². The van der Waals surface area contributed by atoms with Crippen LogP contribution in [-0.4, -0.2) is 9.97 Å². The Morgan fingerprint density at radius 1 is 0.917 bits per heavy atom. The predicted octanol–water partition coefficient (Wildman–Crippen LogP) is 8.52. The molecular weight excluding hydrogens is 641 g/mol. The van der Waals surface area contributed by atoms with Gasteiger partial charge in [-0.2, -0.15) is 0 Å². The van der Waals surface area contributed by atoms with Crippen molar-refractivity contribution >= 4 is 43.4 Å². The minimum absolute atomic E-state index is 0. The Labute approximate surface area is 232 Å². The van der Waals surface area contributed by atoms with Crippen LogP contribution >= 0.6 is 11.3 Å².